The summed E-state index contributed by atoms with van der Waals surface area (Å²) in [6, 6.07) is -0.790. The molecule has 0 radical (unpaired) electrons. The van der Waals surface area contributed by atoms with Gasteiger partial charge in [-0.1, -0.05) is 168 Å². The van der Waals surface area contributed by atoms with Gasteiger partial charge < -0.3 is 28.8 Å². The second kappa shape index (κ2) is 31.5. The van der Waals surface area contributed by atoms with E-state index in [0.717, 1.165) is 38.5 Å². The molecule has 1 amide bonds. The van der Waals surface area contributed by atoms with Gasteiger partial charge in [0.15, 0.2) is 0 Å². The molecule has 0 spiro atoms. The van der Waals surface area contributed by atoms with Gasteiger partial charge in [-0.05, 0) is 12.8 Å². The van der Waals surface area contributed by atoms with Gasteiger partial charge in [-0.15, -0.1) is 0 Å². The van der Waals surface area contributed by atoms with Crippen molar-refractivity contribution in [1.29, 1.82) is 0 Å². The van der Waals surface area contributed by atoms with Crippen molar-refractivity contribution < 1.29 is 32.9 Å². The van der Waals surface area contributed by atoms with Crippen molar-refractivity contribution in [2.75, 3.05) is 40.9 Å². The number of amides is 1. The van der Waals surface area contributed by atoms with Gasteiger partial charge in [0, 0.05) is 6.42 Å². The quantitative estimate of drug-likeness (QED) is 0.0385. The van der Waals surface area contributed by atoms with Crippen molar-refractivity contribution in [3.8, 4) is 0 Å². The Labute approximate surface area is 291 Å². The molecule has 0 heterocycles. The van der Waals surface area contributed by atoms with E-state index in [1.165, 1.54) is 122 Å². The smallest absolute Gasteiger partial charge is 0.268 e. The number of unbranched alkanes of at least 4 members (excludes halogenated alkanes) is 23. The minimum Gasteiger partial charge on any atom is -0.756 e. The maximum absolute atomic E-state index is 12.8. The number of quaternary nitrogens is 1. The van der Waals surface area contributed by atoms with Crippen LogP contribution in [-0.4, -0.2) is 68.5 Å². The molecule has 0 aromatic heterocycles. The fraction of sp³-hybridized carbons (Fsp3) is 0.974. The number of nitrogens with one attached hydrogen (secondary N) is 1. The molecule has 0 saturated heterocycles. The molecule has 282 valence electrons. The first kappa shape index (κ1) is 46.5. The van der Waals surface area contributed by atoms with Gasteiger partial charge in [0.1, 0.15) is 13.2 Å². The molecule has 0 aliphatic rings. The second-order valence-corrected chi connectivity index (χ2v) is 16.4. The molecular weight excluding hydrogens is 611 g/mol. The van der Waals surface area contributed by atoms with Crippen molar-refractivity contribution in [2.45, 2.75) is 199 Å². The summed E-state index contributed by atoms with van der Waals surface area (Å²) in [6.07, 6.45) is 31.0. The number of likely N-dealkylation sites (N-methyl/N-ethyl adjacent to an activating group) is 1. The third kappa shape index (κ3) is 33.8. The van der Waals surface area contributed by atoms with Crippen LogP contribution in [0.25, 0.3) is 0 Å². The van der Waals surface area contributed by atoms with Gasteiger partial charge in [0.25, 0.3) is 7.82 Å². The topological polar surface area (TPSA) is 108 Å². The molecule has 2 N–H and O–H groups in total. The molecule has 3 unspecified atom stereocenters. The summed E-state index contributed by atoms with van der Waals surface area (Å²) in [5.41, 5.74) is 0. The number of phosphoric ester groups is 1. The number of phosphoric acid groups is 1. The van der Waals surface area contributed by atoms with E-state index in [0.29, 0.717) is 23.9 Å². The minimum absolute atomic E-state index is 0.0155. The average Bonchev–Trinajstić information content (AvgIpc) is 3.01. The van der Waals surface area contributed by atoms with E-state index in [1.54, 1.807) is 0 Å². The summed E-state index contributed by atoms with van der Waals surface area (Å²) in [4.78, 5) is 25.2. The average molecular weight is 691 g/mol. The van der Waals surface area contributed by atoms with Crippen molar-refractivity contribution in [1.82, 2.24) is 5.32 Å². The molecule has 3 atom stereocenters. The fourth-order valence-electron chi connectivity index (χ4n) is 5.86. The Kier molecular flexibility index (Phi) is 31.1. The molecule has 0 rings (SSSR count). The molecular formula is C38H79N2O6P. The summed E-state index contributed by atoms with van der Waals surface area (Å²) in [5, 5.41) is 13.8. The Bertz CT molecular complexity index is 748. The Hall–Kier alpha value is -0.500. The summed E-state index contributed by atoms with van der Waals surface area (Å²) in [7, 11) is 1.31. The number of rotatable bonds is 36. The van der Waals surface area contributed by atoms with Crippen LogP contribution in [-0.2, 0) is 18.4 Å². The van der Waals surface area contributed by atoms with Gasteiger partial charge in [0.2, 0.25) is 5.91 Å². The van der Waals surface area contributed by atoms with Crippen LogP contribution in [0, 0.1) is 0 Å². The Morgan fingerprint density at radius 3 is 1.45 bits per heavy atom. The normalized spacial score (nSPS) is 14.6. The number of aliphatic hydroxyl groups is 1. The largest absolute Gasteiger partial charge is 0.756 e. The lowest BCUT2D eigenvalue weighted by atomic mass is 10.0. The van der Waals surface area contributed by atoms with Gasteiger partial charge in [-0.2, -0.15) is 0 Å². The SMILES string of the molecule is CCCCCCCCCCCCCCCCCC(=O)NC(COP(=O)([O-])OCC[N+](C)(C)C)C(O)CCCCCCCCCCCC. The molecule has 0 aliphatic carbocycles. The van der Waals surface area contributed by atoms with Crippen LogP contribution in [0.2, 0.25) is 0 Å². The number of hydrogen-bond acceptors (Lipinski definition) is 6. The highest BCUT2D eigenvalue weighted by atomic mass is 31.2. The molecule has 8 nitrogen and oxygen atoms in total. The van der Waals surface area contributed by atoms with Crippen molar-refractivity contribution in [3.63, 3.8) is 0 Å². The fourth-order valence-corrected chi connectivity index (χ4v) is 6.59. The predicted octanol–water partition coefficient (Wildman–Crippen LogP) is 9.61. The number of aliphatic hydroxyl groups excluding tert-OH is 1. The molecule has 0 bridgehead atoms. The van der Waals surface area contributed by atoms with Crippen LogP contribution >= 0.6 is 7.82 Å². The van der Waals surface area contributed by atoms with Crippen LogP contribution in [0.4, 0.5) is 0 Å². The second-order valence-electron chi connectivity index (χ2n) is 15.0. The summed E-state index contributed by atoms with van der Waals surface area (Å²) in [5.74, 6) is -0.165. The standard InChI is InChI=1S/C38H79N2O6P/c1-6-8-10-12-14-16-18-19-20-21-22-24-26-28-30-32-38(42)39-36(35-46-47(43,44)45-34-33-40(3,4)5)37(41)31-29-27-25-23-17-15-13-11-9-7-2/h36-37,41H,6-35H2,1-5H3,(H-,39,42,43,44). The number of hydrogen-bond donors (Lipinski definition) is 2. The van der Waals surface area contributed by atoms with E-state index in [-0.39, 0.29) is 19.1 Å². The van der Waals surface area contributed by atoms with Crippen LogP contribution in [0.1, 0.15) is 187 Å². The summed E-state index contributed by atoms with van der Waals surface area (Å²) < 4.78 is 23.1. The van der Waals surface area contributed by atoms with Crippen LogP contribution in [0.15, 0.2) is 0 Å². The van der Waals surface area contributed by atoms with E-state index in [9.17, 15) is 19.4 Å². The first-order valence-electron chi connectivity index (χ1n) is 19.9. The van der Waals surface area contributed by atoms with Crippen LogP contribution in [0.5, 0.6) is 0 Å². The highest BCUT2D eigenvalue weighted by molar-refractivity contribution is 7.45. The summed E-state index contributed by atoms with van der Waals surface area (Å²) in [6.45, 7) is 4.70. The van der Waals surface area contributed by atoms with Crippen molar-refractivity contribution >= 4 is 13.7 Å². The molecule has 47 heavy (non-hydrogen) atoms. The lowest BCUT2D eigenvalue weighted by Gasteiger charge is -2.30. The third-order valence-electron chi connectivity index (χ3n) is 9.10. The minimum atomic E-state index is -4.55. The van der Waals surface area contributed by atoms with Gasteiger partial charge in [-0.3, -0.25) is 9.36 Å². The first-order chi connectivity index (χ1) is 22.5. The number of carbonyl (C=O) groups excluding carboxylic acids is 1. The highest BCUT2D eigenvalue weighted by Crippen LogP contribution is 2.38. The Morgan fingerprint density at radius 2 is 1.04 bits per heavy atom. The first-order valence-corrected chi connectivity index (χ1v) is 21.3. The van der Waals surface area contributed by atoms with E-state index in [2.05, 4.69) is 19.2 Å². The van der Waals surface area contributed by atoms with E-state index < -0.39 is 20.0 Å². The molecule has 0 aromatic rings. The number of carbonyl (C=O) groups is 1. The zero-order valence-corrected chi connectivity index (χ0v) is 32.6. The van der Waals surface area contributed by atoms with Crippen LogP contribution < -0.4 is 10.2 Å². The Balaban J connectivity index is 4.38. The lowest BCUT2D eigenvalue weighted by molar-refractivity contribution is -0.870. The molecule has 0 aromatic carbocycles. The molecule has 9 heteroatoms. The third-order valence-corrected chi connectivity index (χ3v) is 10.1. The van der Waals surface area contributed by atoms with Crippen molar-refractivity contribution in [3.05, 3.63) is 0 Å². The Morgan fingerprint density at radius 1 is 0.660 bits per heavy atom. The van der Waals surface area contributed by atoms with Gasteiger partial charge in [-0.25, -0.2) is 0 Å². The van der Waals surface area contributed by atoms with Crippen molar-refractivity contribution in [2.24, 2.45) is 0 Å². The maximum Gasteiger partial charge on any atom is 0.268 e. The van der Waals surface area contributed by atoms with E-state index in [4.69, 9.17) is 9.05 Å². The zero-order chi connectivity index (χ0) is 35.1. The maximum atomic E-state index is 12.8. The monoisotopic (exact) mass is 691 g/mol. The summed E-state index contributed by atoms with van der Waals surface area (Å²) >= 11 is 0. The van der Waals surface area contributed by atoms with E-state index in [1.807, 2.05) is 21.1 Å². The lowest BCUT2D eigenvalue weighted by Crippen LogP contribution is -2.46. The number of nitrogens with zero attached hydrogens (tertiary/aromatic N) is 1. The predicted molar refractivity (Wildman–Crippen MR) is 196 cm³/mol. The van der Waals surface area contributed by atoms with E-state index >= 15 is 0 Å². The van der Waals surface area contributed by atoms with Crippen LogP contribution in [0.3, 0.4) is 0 Å². The van der Waals surface area contributed by atoms with Gasteiger partial charge >= 0.3 is 0 Å². The molecule has 0 fully saturated rings. The molecule has 0 saturated carbocycles. The van der Waals surface area contributed by atoms with Gasteiger partial charge in [0.05, 0.1) is 39.9 Å². The zero-order valence-electron chi connectivity index (χ0n) is 31.8. The highest BCUT2D eigenvalue weighted by Gasteiger charge is 2.24. The molecule has 0 aliphatic heterocycles.